The van der Waals surface area contributed by atoms with E-state index >= 15 is 0 Å². The molecule has 1 amide bonds. The number of aliphatic imine (C=N–C) groups is 1. The lowest BCUT2D eigenvalue weighted by molar-refractivity contribution is -0.135. The maximum atomic E-state index is 12.8. The molecular weight excluding hydrogens is 394 g/mol. The molecule has 2 unspecified atom stereocenters. The lowest BCUT2D eigenvalue weighted by Crippen LogP contribution is -2.48. The highest BCUT2D eigenvalue weighted by atomic mass is 32.1. The Morgan fingerprint density at radius 1 is 1.27 bits per heavy atom. The van der Waals surface area contributed by atoms with Gasteiger partial charge in [0.05, 0.1) is 6.04 Å². The Morgan fingerprint density at radius 2 is 2.03 bits per heavy atom. The van der Waals surface area contributed by atoms with Gasteiger partial charge in [0.25, 0.3) is 0 Å². The fourth-order valence-corrected chi connectivity index (χ4v) is 5.56. The van der Waals surface area contributed by atoms with Crippen LogP contribution < -0.4 is 10.6 Å². The van der Waals surface area contributed by atoms with Crippen molar-refractivity contribution in [2.45, 2.75) is 64.5 Å². The number of hydrogen-bond acceptors (Lipinski definition) is 4. The smallest absolute Gasteiger partial charge is 0.225 e. The van der Waals surface area contributed by atoms with Gasteiger partial charge in [-0.1, -0.05) is 33.1 Å². The molecule has 2 N–H and O–H groups in total. The Labute approximate surface area is 186 Å². The number of thiophene rings is 1. The van der Waals surface area contributed by atoms with Crippen molar-refractivity contribution >= 4 is 23.2 Å². The van der Waals surface area contributed by atoms with E-state index in [4.69, 9.17) is 0 Å². The predicted octanol–water partition coefficient (Wildman–Crippen LogP) is 3.48. The van der Waals surface area contributed by atoms with E-state index in [-0.39, 0.29) is 12.0 Å². The molecule has 6 nitrogen and oxygen atoms in total. The monoisotopic (exact) mass is 433 g/mol. The first-order valence-electron chi connectivity index (χ1n) is 11.7. The number of nitrogens with zero attached hydrogens (tertiary/aromatic N) is 3. The summed E-state index contributed by atoms with van der Waals surface area (Å²) in [5.41, 5.74) is 1.36. The molecule has 2 fully saturated rings. The molecule has 1 saturated carbocycles. The number of likely N-dealkylation sites (N-methyl/N-ethyl adjacent to an activating group) is 1. The maximum absolute atomic E-state index is 12.8. The quantitative estimate of drug-likeness (QED) is 0.487. The minimum atomic E-state index is 0.260. The summed E-state index contributed by atoms with van der Waals surface area (Å²) in [5, 5.41) is 11.5. The number of carbonyl (C=O) groups excluding carboxylic acids is 1. The highest BCUT2D eigenvalue weighted by Gasteiger charge is 2.32. The van der Waals surface area contributed by atoms with Crippen molar-refractivity contribution in [2.24, 2.45) is 10.9 Å². The molecule has 3 rings (SSSR count). The molecule has 2 heterocycles. The lowest BCUT2D eigenvalue weighted by atomic mass is 9.88. The van der Waals surface area contributed by atoms with E-state index in [0.717, 1.165) is 57.9 Å². The molecule has 1 aromatic heterocycles. The predicted molar refractivity (Wildman–Crippen MR) is 126 cm³/mol. The summed E-state index contributed by atoms with van der Waals surface area (Å²) >= 11 is 1.75. The molecule has 2 aliphatic rings. The molecule has 7 heteroatoms. The molecule has 1 aromatic rings. The fraction of sp³-hybridized carbons (Fsp3) is 0.739. The van der Waals surface area contributed by atoms with Crippen LogP contribution in [-0.2, 0) is 4.79 Å². The van der Waals surface area contributed by atoms with E-state index in [0.29, 0.717) is 11.9 Å². The van der Waals surface area contributed by atoms with E-state index in [1.807, 2.05) is 7.05 Å². The van der Waals surface area contributed by atoms with Crippen molar-refractivity contribution in [1.29, 1.82) is 0 Å². The second kappa shape index (κ2) is 11.7. The summed E-state index contributed by atoms with van der Waals surface area (Å²) in [4.78, 5) is 21.8. The first-order chi connectivity index (χ1) is 14.7. The van der Waals surface area contributed by atoms with Crippen molar-refractivity contribution in [3.63, 3.8) is 0 Å². The Hall–Kier alpha value is -1.60. The first-order valence-corrected chi connectivity index (χ1v) is 12.6. The van der Waals surface area contributed by atoms with Crippen molar-refractivity contribution in [3.8, 4) is 0 Å². The normalized spacial score (nSPS) is 21.8. The molecule has 0 spiro atoms. The third-order valence-corrected chi connectivity index (χ3v) is 7.36. The summed E-state index contributed by atoms with van der Waals surface area (Å²) in [6.45, 7) is 8.94. The standard InChI is InChI=1S/C23H39N5OS/c1-4-27(5-2)21(19-12-14-30-17-19)15-25-23(24-3)26-20-11-13-28(16-20)22(29)18-9-7-6-8-10-18/h12,14,17-18,20-21H,4-11,13,15-16H2,1-3H3,(H2,24,25,26). The molecule has 1 saturated heterocycles. The third kappa shape index (κ3) is 5.97. The maximum Gasteiger partial charge on any atom is 0.225 e. The molecule has 1 aliphatic heterocycles. The van der Waals surface area contributed by atoms with Crippen molar-refractivity contribution in [1.82, 2.24) is 20.4 Å². The van der Waals surface area contributed by atoms with Gasteiger partial charge in [0.2, 0.25) is 5.91 Å². The van der Waals surface area contributed by atoms with Gasteiger partial charge >= 0.3 is 0 Å². The van der Waals surface area contributed by atoms with Crippen LogP contribution >= 0.6 is 11.3 Å². The van der Waals surface area contributed by atoms with Gasteiger partial charge < -0.3 is 15.5 Å². The minimum Gasteiger partial charge on any atom is -0.354 e. The van der Waals surface area contributed by atoms with Crippen LogP contribution in [0.25, 0.3) is 0 Å². The molecule has 168 valence electrons. The van der Waals surface area contributed by atoms with E-state index < -0.39 is 0 Å². The topological polar surface area (TPSA) is 60.0 Å². The van der Waals surface area contributed by atoms with Crippen LogP contribution in [0.15, 0.2) is 21.8 Å². The summed E-state index contributed by atoms with van der Waals surface area (Å²) in [7, 11) is 1.83. The summed E-state index contributed by atoms with van der Waals surface area (Å²) in [6.07, 6.45) is 6.84. The van der Waals surface area contributed by atoms with Gasteiger partial charge in [-0.3, -0.25) is 14.7 Å². The Kier molecular flexibility index (Phi) is 9.00. The van der Waals surface area contributed by atoms with E-state index in [1.165, 1.54) is 24.8 Å². The molecule has 0 radical (unpaired) electrons. The minimum absolute atomic E-state index is 0.260. The van der Waals surface area contributed by atoms with Gasteiger partial charge in [0.15, 0.2) is 5.96 Å². The Balaban J connectivity index is 1.51. The van der Waals surface area contributed by atoms with Crippen LogP contribution in [0.1, 0.15) is 64.0 Å². The summed E-state index contributed by atoms with van der Waals surface area (Å²) in [5.74, 6) is 1.47. The van der Waals surface area contributed by atoms with Crippen LogP contribution in [0, 0.1) is 5.92 Å². The second-order valence-corrected chi connectivity index (χ2v) is 9.28. The van der Waals surface area contributed by atoms with Crippen LogP contribution in [0.4, 0.5) is 0 Å². The van der Waals surface area contributed by atoms with Crippen LogP contribution in [0.3, 0.4) is 0 Å². The molecule has 0 aromatic carbocycles. The Morgan fingerprint density at radius 3 is 2.67 bits per heavy atom. The van der Waals surface area contributed by atoms with E-state index in [9.17, 15) is 4.79 Å². The molecule has 0 bridgehead atoms. The molecule has 1 aliphatic carbocycles. The molecule has 2 atom stereocenters. The summed E-state index contributed by atoms with van der Waals surface area (Å²) < 4.78 is 0. The van der Waals surface area contributed by atoms with Crippen LogP contribution in [0.5, 0.6) is 0 Å². The average molecular weight is 434 g/mol. The van der Waals surface area contributed by atoms with Crippen molar-refractivity contribution in [2.75, 3.05) is 39.8 Å². The van der Waals surface area contributed by atoms with Gasteiger partial charge in [-0.2, -0.15) is 11.3 Å². The third-order valence-electron chi connectivity index (χ3n) is 6.66. The SMILES string of the molecule is CCN(CC)C(CNC(=NC)NC1CCN(C(=O)C2CCCCC2)C1)c1ccsc1. The van der Waals surface area contributed by atoms with Crippen molar-refractivity contribution < 1.29 is 4.79 Å². The zero-order valence-corrected chi connectivity index (χ0v) is 19.7. The van der Waals surface area contributed by atoms with E-state index in [1.54, 1.807) is 11.3 Å². The van der Waals surface area contributed by atoms with Crippen molar-refractivity contribution in [3.05, 3.63) is 22.4 Å². The van der Waals surface area contributed by atoms with Crippen LogP contribution in [0.2, 0.25) is 0 Å². The fourth-order valence-electron chi connectivity index (χ4n) is 4.85. The van der Waals surface area contributed by atoms with Gasteiger partial charge in [-0.25, -0.2) is 0 Å². The first kappa shape index (κ1) is 23.1. The number of likely N-dealkylation sites (tertiary alicyclic amines) is 1. The highest BCUT2D eigenvalue weighted by Crippen LogP contribution is 2.27. The zero-order chi connectivity index (χ0) is 21.3. The number of carbonyl (C=O) groups is 1. The van der Waals surface area contributed by atoms with Gasteiger partial charge in [-0.15, -0.1) is 0 Å². The number of nitrogens with one attached hydrogen (secondary N) is 2. The van der Waals surface area contributed by atoms with Crippen LogP contribution in [-0.4, -0.2) is 67.5 Å². The van der Waals surface area contributed by atoms with Gasteiger partial charge in [0.1, 0.15) is 0 Å². The number of hydrogen-bond donors (Lipinski definition) is 2. The molecule has 30 heavy (non-hydrogen) atoms. The number of rotatable bonds is 8. The second-order valence-electron chi connectivity index (χ2n) is 8.50. The average Bonchev–Trinajstić information content (AvgIpc) is 3.48. The number of amides is 1. The highest BCUT2D eigenvalue weighted by molar-refractivity contribution is 7.07. The van der Waals surface area contributed by atoms with E-state index in [2.05, 4.69) is 56.1 Å². The Bertz CT molecular complexity index is 667. The summed E-state index contributed by atoms with van der Waals surface area (Å²) in [6, 6.07) is 2.83. The number of guanidine groups is 1. The molecular formula is C23H39N5OS. The zero-order valence-electron chi connectivity index (χ0n) is 18.9. The largest absolute Gasteiger partial charge is 0.354 e. The van der Waals surface area contributed by atoms with Gasteiger partial charge in [-0.05, 0) is 54.7 Å². The van der Waals surface area contributed by atoms with Gasteiger partial charge in [0, 0.05) is 38.6 Å². The lowest BCUT2D eigenvalue weighted by Gasteiger charge is -2.30.